The van der Waals surface area contributed by atoms with Gasteiger partial charge in [-0.05, 0) is 41.3 Å². The number of hydrogen-bond donors (Lipinski definition) is 3. The van der Waals surface area contributed by atoms with Gasteiger partial charge in [-0.2, -0.15) is 0 Å². The number of imidazole rings is 1. The van der Waals surface area contributed by atoms with Crippen LogP contribution >= 0.6 is 27.3 Å². The summed E-state index contributed by atoms with van der Waals surface area (Å²) in [5, 5.41) is 13.7. The predicted octanol–water partition coefficient (Wildman–Crippen LogP) is 2.74. The number of thiophene rings is 1. The van der Waals surface area contributed by atoms with E-state index in [1.54, 1.807) is 11.4 Å². The van der Waals surface area contributed by atoms with Gasteiger partial charge in [0.2, 0.25) is 0 Å². The summed E-state index contributed by atoms with van der Waals surface area (Å²) < 4.78 is 0.890. The minimum absolute atomic E-state index is 0.0313. The molecule has 1 amide bonds. The van der Waals surface area contributed by atoms with E-state index in [2.05, 4.69) is 31.2 Å². The number of nitrogens with one attached hydrogen (secondary N) is 2. The first-order valence-electron chi connectivity index (χ1n) is 6.35. The Morgan fingerprint density at radius 2 is 2.24 bits per heavy atom. The first-order valence-corrected chi connectivity index (χ1v) is 8.03. The number of carboxylic acid groups (broad SMARTS) is 1. The van der Waals surface area contributed by atoms with Gasteiger partial charge in [-0.3, -0.25) is 4.79 Å². The average Bonchev–Trinajstić information content (AvgIpc) is 3.02. The first-order chi connectivity index (χ1) is 10.00. The molecule has 0 unspecified atom stereocenters. The molecule has 2 aromatic heterocycles. The smallest absolute Gasteiger partial charge is 0.353 e. The average molecular weight is 370 g/mol. The molecule has 0 spiro atoms. The van der Waals surface area contributed by atoms with Gasteiger partial charge in [-0.15, -0.1) is 11.3 Å². The maximum absolute atomic E-state index is 12.3. The van der Waals surface area contributed by atoms with Crippen molar-refractivity contribution in [1.82, 2.24) is 15.3 Å². The molecule has 21 heavy (non-hydrogen) atoms. The van der Waals surface area contributed by atoms with Gasteiger partial charge in [0.05, 0.1) is 21.1 Å². The number of H-pyrrole nitrogens is 1. The van der Waals surface area contributed by atoms with Crippen molar-refractivity contribution in [2.45, 2.75) is 24.8 Å². The second-order valence-electron chi connectivity index (χ2n) is 4.98. The van der Waals surface area contributed by atoms with Crippen molar-refractivity contribution in [3.8, 4) is 0 Å². The molecule has 0 bridgehead atoms. The quantitative estimate of drug-likeness (QED) is 0.771. The molecule has 0 radical (unpaired) electrons. The van der Waals surface area contributed by atoms with E-state index in [9.17, 15) is 9.59 Å². The van der Waals surface area contributed by atoms with Crippen LogP contribution in [0, 0.1) is 0 Å². The number of hydrogen-bond acceptors (Lipinski definition) is 4. The number of rotatable bonds is 4. The normalized spacial score (nSPS) is 16.2. The summed E-state index contributed by atoms with van der Waals surface area (Å²) in [7, 11) is 0. The highest BCUT2D eigenvalue weighted by Crippen LogP contribution is 2.40. The van der Waals surface area contributed by atoms with Crippen LogP contribution in [-0.4, -0.2) is 27.0 Å². The molecule has 3 rings (SSSR count). The monoisotopic (exact) mass is 369 g/mol. The summed E-state index contributed by atoms with van der Waals surface area (Å²) in [4.78, 5) is 30.1. The van der Waals surface area contributed by atoms with Crippen LogP contribution < -0.4 is 5.32 Å². The maximum atomic E-state index is 12.3. The molecule has 2 heterocycles. The summed E-state index contributed by atoms with van der Waals surface area (Å²) in [5.74, 6) is -0.727. The third-order valence-electron chi connectivity index (χ3n) is 3.65. The molecule has 0 saturated heterocycles. The Labute approximate surface area is 132 Å². The molecule has 0 atom stereocenters. The van der Waals surface area contributed by atoms with E-state index in [0.717, 1.165) is 23.0 Å². The SMILES string of the molecule is O=C(NC1(c2ncc(C(=O)O)[nH]2)CCC1)c1csc(Br)c1. The summed E-state index contributed by atoms with van der Waals surface area (Å²) in [6.45, 7) is 0. The third-order valence-corrected chi connectivity index (χ3v) is 5.15. The molecule has 0 aromatic carbocycles. The summed E-state index contributed by atoms with van der Waals surface area (Å²) in [6.07, 6.45) is 3.75. The Morgan fingerprint density at radius 3 is 2.71 bits per heavy atom. The second kappa shape index (κ2) is 5.27. The van der Waals surface area contributed by atoms with E-state index in [4.69, 9.17) is 5.11 Å². The molecule has 8 heteroatoms. The van der Waals surface area contributed by atoms with E-state index in [1.165, 1.54) is 17.5 Å². The Bertz CT molecular complexity index is 705. The Balaban J connectivity index is 1.83. The van der Waals surface area contributed by atoms with Gasteiger partial charge >= 0.3 is 5.97 Å². The Kier molecular flexibility index (Phi) is 3.58. The van der Waals surface area contributed by atoms with Crippen molar-refractivity contribution in [3.05, 3.63) is 38.5 Å². The van der Waals surface area contributed by atoms with E-state index in [-0.39, 0.29) is 11.6 Å². The standard InChI is InChI=1S/C13H12BrN3O3S/c14-9-4-7(6-21-9)10(18)17-13(2-1-3-13)12-15-5-8(16-12)11(19)20/h4-6H,1-3H2,(H,15,16)(H,17,18)(H,19,20). The molecule has 1 saturated carbocycles. The van der Waals surface area contributed by atoms with Crippen molar-refractivity contribution >= 4 is 39.1 Å². The lowest BCUT2D eigenvalue weighted by molar-refractivity contribution is 0.0690. The minimum Gasteiger partial charge on any atom is -0.477 e. The number of nitrogens with zero attached hydrogens (tertiary/aromatic N) is 1. The van der Waals surface area contributed by atoms with Crippen LogP contribution in [0.25, 0.3) is 0 Å². The fraction of sp³-hybridized carbons (Fsp3) is 0.308. The third kappa shape index (κ3) is 2.60. The molecule has 1 fully saturated rings. The topological polar surface area (TPSA) is 95.1 Å². The fourth-order valence-corrected chi connectivity index (χ4v) is 3.48. The number of aromatic nitrogens is 2. The second-order valence-corrected chi connectivity index (χ2v) is 7.27. The highest BCUT2D eigenvalue weighted by atomic mass is 79.9. The molecular weight excluding hydrogens is 358 g/mol. The zero-order valence-electron chi connectivity index (χ0n) is 10.9. The molecule has 0 aliphatic heterocycles. The highest BCUT2D eigenvalue weighted by Gasteiger charge is 2.43. The van der Waals surface area contributed by atoms with Crippen LogP contribution in [0.1, 0.15) is 45.9 Å². The molecular formula is C13H12BrN3O3S. The Hall–Kier alpha value is -1.67. The predicted molar refractivity (Wildman–Crippen MR) is 80.6 cm³/mol. The van der Waals surface area contributed by atoms with Crippen LogP contribution in [0.5, 0.6) is 0 Å². The first kappa shape index (κ1) is 14.3. The molecule has 3 N–H and O–H groups in total. The van der Waals surface area contributed by atoms with Crippen molar-refractivity contribution in [2.24, 2.45) is 0 Å². The summed E-state index contributed by atoms with van der Waals surface area (Å²) >= 11 is 4.77. The summed E-state index contributed by atoms with van der Waals surface area (Å²) in [6, 6.07) is 1.76. The van der Waals surface area contributed by atoms with Crippen LogP contribution in [-0.2, 0) is 5.54 Å². The summed E-state index contributed by atoms with van der Waals surface area (Å²) in [5.41, 5.74) is 0.0334. The molecule has 110 valence electrons. The van der Waals surface area contributed by atoms with Crippen LogP contribution in [0.2, 0.25) is 0 Å². The van der Waals surface area contributed by atoms with Crippen molar-refractivity contribution in [3.63, 3.8) is 0 Å². The van der Waals surface area contributed by atoms with E-state index in [0.29, 0.717) is 11.4 Å². The van der Waals surface area contributed by atoms with Gasteiger partial charge in [0.25, 0.3) is 5.91 Å². The van der Waals surface area contributed by atoms with Gasteiger partial charge in [-0.25, -0.2) is 9.78 Å². The van der Waals surface area contributed by atoms with Gasteiger partial charge in [-0.1, -0.05) is 0 Å². The van der Waals surface area contributed by atoms with Gasteiger partial charge in [0.1, 0.15) is 11.5 Å². The Morgan fingerprint density at radius 1 is 1.48 bits per heavy atom. The van der Waals surface area contributed by atoms with Crippen LogP contribution in [0.4, 0.5) is 0 Å². The maximum Gasteiger partial charge on any atom is 0.353 e. The van der Waals surface area contributed by atoms with Crippen molar-refractivity contribution in [1.29, 1.82) is 0 Å². The van der Waals surface area contributed by atoms with E-state index >= 15 is 0 Å². The molecule has 1 aliphatic rings. The van der Waals surface area contributed by atoms with Gasteiger partial charge in [0, 0.05) is 5.38 Å². The van der Waals surface area contributed by atoms with Crippen molar-refractivity contribution < 1.29 is 14.7 Å². The molecule has 6 nitrogen and oxygen atoms in total. The largest absolute Gasteiger partial charge is 0.477 e. The van der Waals surface area contributed by atoms with Gasteiger partial charge in [0.15, 0.2) is 0 Å². The van der Waals surface area contributed by atoms with Crippen LogP contribution in [0.3, 0.4) is 0 Å². The minimum atomic E-state index is -1.06. The molecule has 2 aromatic rings. The number of carboxylic acids is 1. The van der Waals surface area contributed by atoms with Gasteiger partial charge < -0.3 is 15.4 Å². The lowest BCUT2D eigenvalue weighted by atomic mass is 9.76. The van der Waals surface area contributed by atoms with E-state index < -0.39 is 11.5 Å². The fourth-order valence-electron chi connectivity index (χ4n) is 2.34. The van der Waals surface area contributed by atoms with E-state index in [1.807, 2.05) is 0 Å². The number of amides is 1. The van der Waals surface area contributed by atoms with Crippen LogP contribution in [0.15, 0.2) is 21.4 Å². The number of halogens is 1. The lowest BCUT2D eigenvalue weighted by Gasteiger charge is -2.40. The number of aromatic amines is 1. The van der Waals surface area contributed by atoms with Crippen molar-refractivity contribution in [2.75, 3.05) is 0 Å². The zero-order chi connectivity index (χ0) is 15.0. The zero-order valence-corrected chi connectivity index (χ0v) is 13.3. The number of aromatic carboxylic acids is 1. The number of carbonyl (C=O) groups is 2. The lowest BCUT2D eigenvalue weighted by Crippen LogP contribution is -2.51. The highest BCUT2D eigenvalue weighted by molar-refractivity contribution is 9.11. The molecule has 1 aliphatic carbocycles. The number of carbonyl (C=O) groups excluding carboxylic acids is 1.